The molecule has 6 heteroatoms. The first kappa shape index (κ1) is 12.5. The van der Waals surface area contributed by atoms with Gasteiger partial charge in [0.25, 0.3) is 0 Å². The minimum atomic E-state index is -1.06. The molecule has 1 rings (SSSR count). The van der Waals surface area contributed by atoms with E-state index in [0.717, 1.165) is 0 Å². The summed E-state index contributed by atoms with van der Waals surface area (Å²) in [6.07, 6.45) is 0. The van der Waals surface area contributed by atoms with E-state index in [4.69, 9.17) is 10.4 Å². The maximum atomic E-state index is 11.2. The third-order valence-corrected chi connectivity index (χ3v) is 1.96. The molecule has 0 atom stereocenters. The van der Waals surface area contributed by atoms with Crippen molar-refractivity contribution in [3.8, 4) is 6.07 Å². The molecule has 1 aromatic rings. The van der Waals surface area contributed by atoms with E-state index < -0.39 is 5.97 Å². The number of amides is 1. The molecule has 0 aliphatic carbocycles. The van der Waals surface area contributed by atoms with Gasteiger partial charge in [-0.1, -0.05) is 12.1 Å². The van der Waals surface area contributed by atoms with Crippen molar-refractivity contribution in [3.63, 3.8) is 0 Å². The number of nitriles is 1. The predicted molar refractivity (Wildman–Crippen MR) is 60.5 cm³/mol. The maximum Gasteiger partial charge on any atom is 0.337 e. The molecule has 1 amide bonds. The van der Waals surface area contributed by atoms with Crippen molar-refractivity contribution in [2.75, 3.05) is 18.4 Å². The second kappa shape index (κ2) is 6.12. The SMILES string of the molecule is N#CCNC(=O)CNc1ccccc1C(=O)O. The average Bonchev–Trinajstić information content (AvgIpc) is 2.34. The minimum absolute atomic E-state index is 0.0684. The number of nitrogens with one attached hydrogen (secondary N) is 2. The van der Waals surface area contributed by atoms with Crippen LogP contribution in [0.25, 0.3) is 0 Å². The Morgan fingerprint density at radius 3 is 2.71 bits per heavy atom. The van der Waals surface area contributed by atoms with Crippen molar-refractivity contribution < 1.29 is 14.7 Å². The van der Waals surface area contributed by atoms with Gasteiger partial charge in [0.2, 0.25) is 5.91 Å². The molecule has 0 aliphatic heterocycles. The van der Waals surface area contributed by atoms with Gasteiger partial charge >= 0.3 is 5.97 Å². The molecular formula is C11H11N3O3. The quantitative estimate of drug-likeness (QED) is 0.640. The molecule has 6 nitrogen and oxygen atoms in total. The van der Waals surface area contributed by atoms with Gasteiger partial charge in [-0.05, 0) is 12.1 Å². The topological polar surface area (TPSA) is 102 Å². The lowest BCUT2D eigenvalue weighted by molar-refractivity contribution is -0.119. The van der Waals surface area contributed by atoms with Crippen LogP contribution in [-0.2, 0) is 4.79 Å². The molecular weight excluding hydrogens is 222 g/mol. The first-order valence-electron chi connectivity index (χ1n) is 4.85. The fourth-order valence-corrected chi connectivity index (χ4v) is 1.20. The zero-order valence-corrected chi connectivity index (χ0v) is 8.93. The van der Waals surface area contributed by atoms with Crippen molar-refractivity contribution in [2.45, 2.75) is 0 Å². The average molecular weight is 233 g/mol. The highest BCUT2D eigenvalue weighted by Crippen LogP contribution is 2.14. The van der Waals surface area contributed by atoms with E-state index in [2.05, 4.69) is 10.6 Å². The van der Waals surface area contributed by atoms with Gasteiger partial charge in [0.15, 0.2) is 0 Å². The number of aromatic carboxylic acids is 1. The summed E-state index contributed by atoms with van der Waals surface area (Å²) in [4.78, 5) is 22.0. The van der Waals surface area contributed by atoms with E-state index in [1.165, 1.54) is 6.07 Å². The van der Waals surface area contributed by atoms with Crippen LogP contribution in [0.2, 0.25) is 0 Å². The molecule has 0 heterocycles. The number of benzene rings is 1. The maximum absolute atomic E-state index is 11.2. The molecule has 1 aromatic carbocycles. The largest absolute Gasteiger partial charge is 0.478 e. The highest BCUT2D eigenvalue weighted by atomic mass is 16.4. The van der Waals surface area contributed by atoms with Crippen molar-refractivity contribution in [1.82, 2.24) is 5.32 Å². The number of carbonyl (C=O) groups excluding carboxylic acids is 1. The summed E-state index contributed by atoms with van der Waals surface area (Å²) < 4.78 is 0. The van der Waals surface area contributed by atoms with Crippen LogP contribution in [0.4, 0.5) is 5.69 Å². The summed E-state index contributed by atoms with van der Waals surface area (Å²) in [5.41, 5.74) is 0.465. The third-order valence-electron chi connectivity index (χ3n) is 1.96. The van der Waals surface area contributed by atoms with Crippen LogP contribution in [0.3, 0.4) is 0 Å². The minimum Gasteiger partial charge on any atom is -0.478 e. The summed E-state index contributed by atoms with van der Waals surface area (Å²) in [6, 6.07) is 8.06. The van der Waals surface area contributed by atoms with Gasteiger partial charge in [-0.2, -0.15) is 5.26 Å². The van der Waals surface area contributed by atoms with Crippen molar-refractivity contribution in [1.29, 1.82) is 5.26 Å². The predicted octanol–water partition coefficient (Wildman–Crippen LogP) is 0.436. The number of para-hydroxylation sites is 1. The van der Waals surface area contributed by atoms with Gasteiger partial charge in [0.1, 0.15) is 6.54 Å². The van der Waals surface area contributed by atoms with E-state index >= 15 is 0 Å². The number of hydrogen-bond donors (Lipinski definition) is 3. The normalized spacial score (nSPS) is 9.12. The number of carboxylic acid groups (broad SMARTS) is 1. The molecule has 0 fully saturated rings. The second-order valence-electron chi connectivity index (χ2n) is 3.14. The van der Waals surface area contributed by atoms with Gasteiger partial charge in [-0.3, -0.25) is 4.79 Å². The van der Waals surface area contributed by atoms with Crippen LogP contribution in [0.15, 0.2) is 24.3 Å². The fraction of sp³-hybridized carbons (Fsp3) is 0.182. The number of carboxylic acids is 1. The molecule has 0 aliphatic rings. The van der Waals surface area contributed by atoms with Crippen LogP contribution in [0.1, 0.15) is 10.4 Å². The van der Waals surface area contributed by atoms with Crippen LogP contribution in [0.5, 0.6) is 0 Å². The Hall–Kier alpha value is -2.55. The third kappa shape index (κ3) is 3.83. The summed E-state index contributed by atoms with van der Waals surface area (Å²) >= 11 is 0. The van der Waals surface area contributed by atoms with Crippen LogP contribution >= 0.6 is 0 Å². The number of nitrogens with zero attached hydrogens (tertiary/aromatic N) is 1. The molecule has 0 spiro atoms. The monoisotopic (exact) mass is 233 g/mol. The number of hydrogen-bond acceptors (Lipinski definition) is 4. The Morgan fingerprint density at radius 2 is 2.06 bits per heavy atom. The highest BCUT2D eigenvalue weighted by Gasteiger charge is 2.09. The van der Waals surface area contributed by atoms with Crippen LogP contribution in [0, 0.1) is 11.3 Å². The van der Waals surface area contributed by atoms with Gasteiger partial charge in [0.05, 0.1) is 18.2 Å². The molecule has 17 heavy (non-hydrogen) atoms. The van der Waals surface area contributed by atoms with Crippen LogP contribution < -0.4 is 10.6 Å². The smallest absolute Gasteiger partial charge is 0.337 e. The Kier molecular flexibility index (Phi) is 4.51. The van der Waals surface area contributed by atoms with E-state index in [1.807, 2.05) is 0 Å². The zero-order valence-electron chi connectivity index (χ0n) is 8.93. The Bertz CT molecular complexity index is 465. The van der Waals surface area contributed by atoms with Gasteiger partial charge in [0, 0.05) is 5.69 Å². The summed E-state index contributed by atoms with van der Waals surface area (Å²) in [7, 11) is 0. The summed E-state index contributed by atoms with van der Waals surface area (Å²) in [5, 5.41) is 22.2. The van der Waals surface area contributed by atoms with Gasteiger partial charge < -0.3 is 15.7 Å². The first-order valence-corrected chi connectivity index (χ1v) is 4.85. The number of carbonyl (C=O) groups is 2. The van der Waals surface area contributed by atoms with E-state index in [1.54, 1.807) is 24.3 Å². The van der Waals surface area contributed by atoms with E-state index in [-0.39, 0.29) is 24.6 Å². The van der Waals surface area contributed by atoms with Crippen molar-refractivity contribution >= 4 is 17.6 Å². The molecule has 0 saturated heterocycles. The fourth-order valence-electron chi connectivity index (χ4n) is 1.20. The molecule has 3 N–H and O–H groups in total. The molecule has 0 bridgehead atoms. The van der Waals surface area contributed by atoms with E-state index in [9.17, 15) is 9.59 Å². The van der Waals surface area contributed by atoms with Gasteiger partial charge in [-0.15, -0.1) is 0 Å². The zero-order chi connectivity index (χ0) is 12.7. The number of rotatable bonds is 5. The standard InChI is InChI=1S/C11H11N3O3/c12-5-6-13-10(15)7-14-9-4-2-1-3-8(9)11(16)17/h1-4,14H,6-7H2,(H,13,15)(H,16,17). The lowest BCUT2D eigenvalue weighted by Crippen LogP contribution is -2.30. The Labute approximate surface area is 97.9 Å². The van der Waals surface area contributed by atoms with Crippen LogP contribution in [-0.4, -0.2) is 30.1 Å². The summed E-state index contributed by atoms with van der Waals surface area (Å²) in [5.74, 6) is -1.43. The highest BCUT2D eigenvalue weighted by molar-refractivity contribution is 5.95. The van der Waals surface area contributed by atoms with Crippen molar-refractivity contribution in [2.24, 2.45) is 0 Å². The lowest BCUT2D eigenvalue weighted by atomic mass is 10.2. The summed E-state index contributed by atoms with van der Waals surface area (Å²) in [6.45, 7) is -0.146. The van der Waals surface area contributed by atoms with Gasteiger partial charge in [-0.25, -0.2) is 4.79 Å². The van der Waals surface area contributed by atoms with Crippen molar-refractivity contribution in [3.05, 3.63) is 29.8 Å². The molecule has 0 aromatic heterocycles. The van der Waals surface area contributed by atoms with E-state index in [0.29, 0.717) is 5.69 Å². The molecule has 0 radical (unpaired) electrons. The lowest BCUT2D eigenvalue weighted by Gasteiger charge is -2.08. The Morgan fingerprint density at radius 1 is 1.35 bits per heavy atom. The number of anilines is 1. The molecule has 0 unspecified atom stereocenters. The first-order chi connectivity index (χ1) is 8.15. The second-order valence-corrected chi connectivity index (χ2v) is 3.14. The molecule has 88 valence electrons. The molecule has 0 saturated carbocycles. The Balaban J connectivity index is 2.61.